The van der Waals surface area contributed by atoms with Crippen LogP contribution in [-0.2, 0) is 0 Å². The number of hydrogen-bond donors (Lipinski definition) is 3. The lowest BCUT2D eigenvalue weighted by atomic mass is 10.1. The SMILES string of the molecule is CC(C)(C)Nc1ccnc(N)c1N. The van der Waals surface area contributed by atoms with E-state index in [-0.39, 0.29) is 5.54 Å². The van der Waals surface area contributed by atoms with Crippen LogP contribution in [0.3, 0.4) is 0 Å². The van der Waals surface area contributed by atoms with Crippen LogP contribution < -0.4 is 16.8 Å². The number of aromatic nitrogens is 1. The van der Waals surface area contributed by atoms with Crippen molar-refractivity contribution in [2.75, 3.05) is 16.8 Å². The third-order valence-corrected chi connectivity index (χ3v) is 1.53. The van der Waals surface area contributed by atoms with Crippen LogP contribution in [0.2, 0.25) is 0 Å². The van der Waals surface area contributed by atoms with Gasteiger partial charge >= 0.3 is 0 Å². The Morgan fingerprint density at radius 3 is 2.46 bits per heavy atom. The molecule has 5 N–H and O–H groups in total. The van der Waals surface area contributed by atoms with E-state index in [0.29, 0.717) is 11.5 Å². The van der Waals surface area contributed by atoms with Crippen LogP contribution in [0.4, 0.5) is 17.2 Å². The Labute approximate surface area is 78.3 Å². The van der Waals surface area contributed by atoms with Crippen molar-refractivity contribution in [2.45, 2.75) is 26.3 Å². The van der Waals surface area contributed by atoms with Gasteiger partial charge in [-0.25, -0.2) is 4.98 Å². The fourth-order valence-electron chi connectivity index (χ4n) is 1.00. The molecule has 0 radical (unpaired) electrons. The monoisotopic (exact) mass is 180 g/mol. The zero-order valence-corrected chi connectivity index (χ0v) is 8.26. The average molecular weight is 180 g/mol. The van der Waals surface area contributed by atoms with Gasteiger partial charge in [0.15, 0.2) is 0 Å². The Morgan fingerprint density at radius 1 is 1.31 bits per heavy atom. The van der Waals surface area contributed by atoms with Crippen molar-refractivity contribution in [3.05, 3.63) is 12.3 Å². The molecule has 0 saturated carbocycles. The van der Waals surface area contributed by atoms with Gasteiger partial charge < -0.3 is 16.8 Å². The lowest BCUT2D eigenvalue weighted by Crippen LogP contribution is -2.26. The van der Waals surface area contributed by atoms with E-state index in [1.165, 1.54) is 0 Å². The number of nitrogen functional groups attached to an aromatic ring is 2. The Balaban J connectivity index is 2.96. The molecule has 0 amide bonds. The molecule has 4 nitrogen and oxygen atoms in total. The predicted molar refractivity (Wildman–Crippen MR) is 56.4 cm³/mol. The predicted octanol–water partition coefficient (Wildman–Crippen LogP) is 1.46. The molecule has 0 unspecified atom stereocenters. The van der Waals surface area contributed by atoms with Crippen molar-refractivity contribution < 1.29 is 0 Å². The maximum Gasteiger partial charge on any atom is 0.148 e. The van der Waals surface area contributed by atoms with Crippen molar-refractivity contribution in [3.8, 4) is 0 Å². The molecule has 13 heavy (non-hydrogen) atoms. The molecule has 0 atom stereocenters. The van der Waals surface area contributed by atoms with Crippen molar-refractivity contribution in [3.63, 3.8) is 0 Å². The molecule has 0 aromatic carbocycles. The summed E-state index contributed by atoms with van der Waals surface area (Å²) >= 11 is 0. The molecule has 0 saturated heterocycles. The molecule has 1 aromatic heterocycles. The Bertz CT molecular complexity index is 301. The lowest BCUT2D eigenvalue weighted by molar-refractivity contribution is 0.634. The summed E-state index contributed by atoms with van der Waals surface area (Å²) in [5.74, 6) is 0.370. The van der Waals surface area contributed by atoms with Gasteiger partial charge in [0.2, 0.25) is 0 Å². The van der Waals surface area contributed by atoms with Gasteiger partial charge in [0.05, 0.1) is 11.4 Å². The molecule has 1 heterocycles. The van der Waals surface area contributed by atoms with Crippen LogP contribution >= 0.6 is 0 Å². The van der Waals surface area contributed by atoms with Crippen LogP contribution in [-0.4, -0.2) is 10.5 Å². The van der Waals surface area contributed by atoms with Crippen LogP contribution in [0.25, 0.3) is 0 Å². The van der Waals surface area contributed by atoms with E-state index < -0.39 is 0 Å². The maximum absolute atomic E-state index is 5.74. The first-order chi connectivity index (χ1) is 5.90. The second kappa shape index (κ2) is 3.12. The minimum absolute atomic E-state index is 0.0259. The fourth-order valence-corrected chi connectivity index (χ4v) is 1.00. The highest BCUT2D eigenvalue weighted by atomic mass is 15.0. The summed E-state index contributed by atoms with van der Waals surface area (Å²) in [5.41, 5.74) is 12.6. The van der Waals surface area contributed by atoms with Crippen molar-refractivity contribution >= 4 is 17.2 Å². The first-order valence-electron chi connectivity index (χ1n) is 4.18. The second-order valence-corrected chi connectivity index (χ2v) is 4.03. The first kappa shape index (κ1) is 9.64. The number of hydrogen-bond acceptors (Lipinski definition) is 4. The highest BCUT2D eigenvalue weighted by molar-refractivity contribution is 5.76. The summed E-state index contributed by atoms with van der Waals surface area (Å²) < 4.78 is 0. The van der Waals surface area contributed by atoms with Gasteiger partial charge in [-0.2, -0.15) is 0 Å². The van der Waals surface area contributed by atoms with E-state index in [1.807, 2.05) is 6.07 Å². The van der Waals surface area contributed by atoms with Crippen LogP contribution in [0.1, 0.15) is 20.8 Å². The summed E-state index contributed by atoms with van der Waals surface area (Å²) in [4.78, 5) is 3.88. The number of nitrogens with one attached hydrogen (secondary N) is 1. The summed E-state index contributed by atoms with van der Waals surface area (Å²) in [5, 5.41) is 3.25. The van der Waals surface area contributed by atoms with Gasteiger partial charge in [0, 0.05) is 11.7 Å². The van der Waals surface area contributed by atoms with E-state index in [9.17, 15) is 0 Å². The maximum atomic E-state index is 5.74. The molecule has 72 valence electrons. The molecule has 0 fully saturated rings. The van der Waals surface area contributed by atoms with Gasteiger partial charge in [-0.3, -0.25) is 0 Å². The highest BCUT2D eigenvalue weighted by Crippen LogP contribution is 2.24. The van der Waals surface area contributed by atoms with Gasteiger partial charge in [-0.1, -0.05) is 0 Å². The number of nitrogens with two attached hydrogens (primary N) is 2. The standard InChI is InChI=1S/C9H16N4/c1-9(2,3)13-6-4-5-12-8(11)7(6)10/h4-5H,10H2,1-3H3,(H3,11,12,13). The lowest BCUT2D eigenvalue weighted by Gasteiger charge is -2.23. The van der Waals surface area contributed by atoms with E-state index in [2.05, 4.69) is 31.1 Å². The van der Waals surface area contributed by atoms with Gasteiger partial charge in [0.25, 0.3) is 0 Å². The smallest absolute Gasteiger partial charge is 0.148 e. The number of pyridine rings is 1. The molecule has 0 spiro atoms. The van der Waals surface area contributed by atoms with Crippen molar-refractivity contribution in [1.29, 1.82) is 0 Å². The largest absolute Gasteiger partial charge is 0.394 e. The quantitative estimate of drug-likeness (QED) is 0.611. The third kappa shape index (κ3) is 2.50. The molecule has 0 aliphatic carbocycles. The molecule has 0 aliphatic heterocycles. The van der Waals surface area contributed by atoms with Crippen molar-refractivity contribution in [2.24, 2.45) is 0 Å². The van der Waals surface area contributed by atoms with E-state index in [0.717, 1.165) is 5.69 Å². The summed E-state index contributed by atoms with van der Waals surface area (Å²) in [6, 6.07) is 1.82. The first-order valence-corrected chi connectivity index (χ1v) is 4.18. The summed E-state index contributed by atoms with van der Waals surface area (Å²) in [6.07, 6.45) is 1.64. The minimum atomic E-state index is -0.0259. The molecule has 0 bridgehead atoms. The van der Waals surface area contributed by atoms with E-state index in [1.54, 1.807) is 6.20 Å². The zero-order valence-electron chi connectivity index (χ0n) is 8.26. The fraction of sp³-hybridized carbons (Fsp3) is 0.444. The Kier molecular flexibility index (Phi) is 2.32. The average Bonchev–Trinajstić information content (AvgIpc) is 1.96. The summed E-state index contributed by atoms with van der Waals surface area (Å²) in [6.45, 7) is 6.18. The van der Waals surface area contributed by atoms with Gasteiger partial charge in [-0.15, -0.1) is 0 Å². The summed E-state index contributed by atoms with van der Waals surface area (Å²) in [7, 11) is 0. The van der Waals surface area contributed by atoms with Crippen molar-refractivity contribution in [1.82, 2.24) is 4.98 Å². The van der Waals surface area contributed by atoms with E-state index >= 15 is 0 Å². The van der Waals surface area contributed by atoms with Crippen LogP contribution in [0.15, 0.2) is 12.3 Å². The second-order valence-electron chi connectivity index (χ2n) is 4.03. The Hall–Kier alpha value is -1.45. The van der Waals surface area contributed by atoms with E-state index in [4.69, 9.17) is 11.5 Å². The number of anilines is 3. The van der Waals surface area contributed by atoms with Crippen LogP contribution in [0.5, 0.6) is 0 Å². The molecule has 1 rings (SSSR count). The molecule has 0 aliphatic rings. The molecular formula is C9H16N4. The van der Waals surface area contributed by atoms with Gasteiger partial charge in [-0.05, 0) is 26.8 Å². The normalized spacial score (nSPS) is 11.3. The van der Waals surface area contributed by atoms with Gasteiger partial charge in [0.1, 0.15) is 5.82 Å². The number of nitrogens with zero attached hydrogens (tertiary/aromatic N) is 1. The Morgan fingerprint density at radius 2 is 1.92 bits per heavy atom. The zero-order chi connectivity index (χ0) is 10.1. The minimum Gasteiger partial charge on any atom is -0.394 e. The van der Waals surface area contributed by atoms with Crippen LogP contribution in [0, 0.1) is 0 Å². The third-order valence-electron chi connectivity index (χ3n) is 1.53. The topological polar surface area (TPSA) is 77.0 Å². The highest BCUT2D eigenvalue weighted by Gasteiger charge is 2.12. The number of rotatable bonds is 1. The molecule has 1 aromatic rings. The molecular weight excluding hydrogens is 164 g/mol. The molecule has 4 heteroatoms.